The van der Waals surface area contributed by atoms with E-state index in [0.29, 0.717) is 5.56 Å². The van der Waals surface area contributed by atoms with Gasteiger partial charge in [0.1, 0.15) is 12.1 Å². The van der Waals surface area contributed by atoms with Crippen molar-refractivity contribution in [2.75, 3.05) is 6.54 Å². The van der Waals surface area contributed by atoms with Crippen LogP contribution >= 0.6 is 0 Å². The van der Waals surface area contributed by atoms with Crippen molar-refractivity contribution in [2.45, 2.75) is 43.8 Å². The summed E-state index contributed by atoms with van der Waals surface area (Å²) >= 11 is 0. The number of rotatable bonds is 14. The summed E-state index contributed by atoms with van der Waals surface area (Å²) in [5.41, 5.74) is 6.84. The number of H-pyrrole nitrogens is 1. The maximum absolute atomic E-state index is 12.9. The largest absolute Gasteiger partial charge is 0.481 e. The van der Waals surface area contributed by atoms with Crippen molar-refractivity contribution in [3.8, 4) is 0 Å². The molecular weight excluding hydrogens is 478 g/mol. The number of fused-ring (bicyclic) bond motifs is 1. The standard InChI is InChI=1S/C22H27N5O9/c23-13(8-19(31)32)20(33)25-10-17(28)26-16(7-11-9-24-14-4-2-1-3-12(11)14)21(34)27-15(22(35)36)5-6-18(29)30/h1-4,9,13,15-16,24H,5-8,10,23H2,(H,25,33)(H,26,28)(H,27,34)(H,29,30)(H,31,32)(H,35,36). The SMILES string of the molecule is NC(CC(=O)O)C(=O)NCC(=O)NC(Cc1c[nH]c2ccccc12)C(=O)NC(CCC(=O)O)C(=O)O. The van der Waals surface area contributed by atoms with E-state index in [0.717, 1.165) is 10.9 Å². The van der Waals surface area contributed by atoms with Crippen LogP contribution in [0.15, 0.2) is 30.5 Å². The lowest BCUT2D eigenvalue weighted by Gasteiger charge is -2.21. The molecule has 0 aliphatic carbocycles. The molecule has 0 radical (unpaired) electrons. The molecule has 0 bridgehead atoms. The highest BCUT2D eigenvalue weighted by molar-refractivity contribution is 5.94. The first-order chi connectivity index (χ1) is 17.0. The Hall–Kier alpha value is -4.46. The third-order valence-corrected chi connectivity index (χ3v) is 5.17. The Morgan fingerprint density at radius 3 is 2.25 bits per heavy atom. The van der Waals surface area contributed by atoms with E-state index in [1.54, 1.807) is 30.5 Å². The molecular formula is C22H27N5O9. The number of nitrogens with one attached hydrogen (secondary N) is 4. The minimum absolute atomic E-state index is 0.0562. The van der Waals surface area contributed by atoms with E-state index in [4.69, 9.17) is 15.9 Å². The van der Waals surface area contributed by atoms with Crippen molar-refractivity contribution >= 4 is 46.5 Å². The van der Waals surface area contributed by atoms with Gasteiger partial charge in [-0.2, -0.15) is 0 Å². The van der Waals surface area contributed by atoms with Crippen molar-refractivity contribution in [1.82, 2.24) is 20.9 Å². The van der Waals surface area contributed by atoms with E-state index in [9.17, 15) is 33.9 Å². The molecule has 1 aromatic carbocycles. The lowest BCUT2D eigenvalue weighted by atomic mass is 10.0. The van der Waals surface area contributed by atoms with Crippen LogP contribution in [0.25, 0.3) is 10.9 Å². The summed E-state index contributed by atoms with van der Waals surface area (Å²) in [5.74, 6) is -6.56. The second kappa shape index (κ2) is 12.9. The van der Waals surface area contributed by atoms with Crippen LogP contribution < -0.4 is 21.7 Å². The normalized spacial score (nSPS) is 13.2. The van der Waals surface area contributed by atoms with Crippen LogP contribution in [0.3, 0.4) is 0 Å². The number of carboxylic acid groups (broad SMARTS) is 3. The molecule has 3 amide bonds. The number of hydrogen-bond acceptors (Lipinski definition) is 7. The highest BCUT2D eigenvalue weighted by Crippen LogP contribution is 2.19. The first-order valence-electron chi connectivity index (χ1n) is 10.8. The Morgan fingerprint density at radius 1 is 0.917 bits per heavy atom. The van der Waals surface area contributed by atoms with Gasteiger partial charge in [-0.25, -0.2) is 4.79 Å². The summed E-state index contributed by atoms with van der Waals surface area (Å²) in [6, 6.07) is 2.98. The average Bonchev–Trinajstić information content (AvgIpc) is 3.21. The van der Waals surface area contributed by atoms with Gasteiger partial charge in [-0.1, -0.05) is 18.2 Å². The molecule has 0 spiro atoms. The Kier molecular flexibility index (Phi) is 9.92. The second-order valence-electron chi connectivity index (χ2n) is 7.94. The van der Waals surface area contributed by atoms with Crippen LogP contribution in [0.4, 0.5) is 0 Å². The number of carbonyl (C=O) groups is 6. The Morgan fingerprint density at radius 2 is 1.61 bits per heavy atom. The molecule has 2 rings (SSSR count). The van der Waals surface area contributed by atoms with Gasteiger partial charge in [-0.05, 0) is 18.1 Å². The molecule has 194 valence electrons. The fourth-order valence-electron chi connectivity index (χ4n) is 3.35. The molecule has 14 nitrogen and oxygen atoms in total. The topological polar surface area (TPSA) is 241 Å². The van der Waals surface area contributed by atoms with Crippen molar-refractivity contribution in [1.29, 1.82) is 0 Å². The first-order valence-corrected chi connectivity index (χ1v) is 10.8. The minimum atomic E-state index is -1.51. The number of carbonyl (C=O) groups excluding carboxylic acids is 3. The first kappa shape index (κ1) is 27.8. The predicted molar refractivity (Wildman–Crippen MR) is 124 cm³/mol. The highest BCUT2D eigenvalue weighted by atomic mass is 16.4. The second-order valence-corrected chi connectivity index (χ2v) is 7.94. The van der Waals surface area contributed by atoms with Crippen LogP contribution in [0.1, 0.15) is 24.8 Å². The van der Waals surface area contributed by atoms with E-state index < -0.39 is 73.1 Å². The molecule has 9 N–H and O–H groups in total. The number of aromatic amines is 1. The van der Waals surface area contributed by atoms with Gasteiger partial charge in [0.15, 0.2) is 0 Å². The smallest absolute Gasteiger partial charge is 0.326 e. The molecule has 36 heavy (non-hydrogen) atoms. The zero-order valence-corrected chi connectivity index (χ0v) is 19.0. The molecule has 3 unspecified atom stereocenters. The van der Waals surface area contributed by atoms with Crippen LogP contribution in [-0.2, 0) is 35.2 Å². The number of aliphatic carboxylic acids is 3. The van der Waals surface area contributed by atoms with E-state index in [1.165, 1.54) is 0 Å². The zero-order chi connectivity index (χ0) is 26.8. The van der Waals surface area contributed by atoms with Crippen molar-refractivity contribution in [3.63, 3.8) is 0 Å². The number of amides is 3. The summed E-state index contributed by atoms with van der Waals surface area (Å²) in [4.78, 5) is 73.3. The minimum Gasteiger partial charge on any atom is -0.481 e. The molecule has 0 aliphatic rings. The lowest BCUT2D eigenvalue weighted by Crippen LogP contribution is -2.54. The van der Waals surface area contributed by atoms with Crippen LogP contribution in [0.2, 0.25) is 0 Å². The Bertz CT molecular complexity index is 1150. The number of nitrogens with two attached hydrogens (primary N) is 1. The molecule has 14 heteroatoms. The summed E-state index contributed by atoms with van der Waals surface area (Å²) in [6.07, 6.45) is 0.0508. The molecule has 1 aromatic heterocycles. The quantitative estimate of drug-likeness (QED) is 0.148. The van der Waals surface area contributed by atoms with E-state index >= 15 is 0 Å². The summed E-state index contributed by atoms with van der Waals surface area (Å²) in [7, 11) is 0. The summed E-state index contributed by atoms with van der Waals surface area (Å²) in [6.45, 7) is -0.620. The van der Waals surface area contributed by atoms with Crippen molar-refractivity contribution in [2.24, 2.45) is 5.73 Å². The van der Waals surface area contributed by atoms with Gasteiger partial charge in [0.2, 0.25) is 17.7 Å². The van der Waals surface area contributed by atoms with E-state index in [1.807, 2.05) is 0 Å². The average molecular weight is 505 g/mol. The van der Waals surface area contributed by atoms with E-state index in [-0.39, 0.29) is 12.8 Å². The van der Waals surface area contributed by atoms with Gasteiger partial charge in [-0.15, -0.1) is 0 Å². The predicted octanol–water partition coefficient (Wildman–Crippen LogP) is -1.45. The van der Waals surface area contributed by atoms with Gasteiger partial charge >= 0.3 is 17.9 Å². The molecule has 0 aliphatic heterocycles. The number of para-hydroxylation sites is 1. The third-order valence-electron chi connectivity index (χ3n) is 5.17. The summed E-state index contributed by atoms with van der Waals surface area (Å²) in [5, 5.41) is 34.5. The molecule has 3 atom stereocenters. The van der Waals surface area contributed by atoms with Crippen molar-refractivity contribution < 1.29 is 44.1 Å². The number of aromatic nitrogens is 1. The summed E-state index contributed by atoms with van der Waals surface area (Å²) < 4.78 is 0. The maximum Gasteiger partial charge on any atom is 0.326 e. The number of hydrogen-bond donors (Lipinski definition) is 8. The lowest BCUT2D eigenvalue weighted by molar-refractivity contribution is -0.143. The van der Waals surface area contributed by atoms with Crippen molar-refractivity contribution in [3.05, 3.63) is 36.0 Å². The number of benzene rings is 1. The highest BCUT2D eigenvalue weighted by Gasteiger charge is 2.28. The third kappa shape index (κ3) is 8.39. The van der Waals surface area contributed by atoms with Gasteiger partial charge < -0.3 is 42.0 Å². The molecule has 2 aromatic rings. The van der Waals surface area contributed by atoms with Crippen LogP contribution in [-0.4, -0.2) is 80.6 Å². The van der Waals surface area contributed by atoms with Crippen LogP contribution in [0, 0.1) is 0 Å². The van der Waals surface area contributed by atoms with Gasteiger partial charge in [0.05, 0.1) is 19.0 Å². The monoisotopic (exact) mass is 505 g/mol. The molecule has 0 saturated carbocycles. The van der Waals surface area contributed by atoms with Crippen LogP contribution in [0.5, 0.6) is 0 Å². The molecule has 1 heterocycles. The van der Waals surface area contributed by atoms with Gasteiger partial charge in [0.25, 0.3) is 0 Å². The fraction of sp³-hybridized carbons (Fsp3) is 0.364. The maximum atomic E-state index is 12.9. The number of carboxylic acids is 3. The molecule has 0 fully saturated rings. The molecule has 0 saturated heterocycles. The Balaban J connectivity index is 2.15. The van der Waals surface area contributed by atoms with Gasteiger partial charge in [-0.3, -0.25) is 24.0 Å². The van der Waals surface area contributed by atoms with Gasteiger partial charge in [0, 0.05) is 29.9 Å². The Labute approximate surface area is 204 Å². The van der Waals surface area contributed by atoms with E-state index in [2.05, 4.69) is 20.9 Å². The zero-order valence-electron chi connectivity index (χ0n) is 19.0. The fourth-order valence-corrected chi connectivity index (χ4v) is 3.35.